The minimum Gasteiger partial charge on any atom is -0.326 e. The van der Waals surface area contributed by atoms with Gasteiger partial charge >= 0.3 is 0 Å². The third kappa shape index (κ3) is 4.02. The van der Waals surface area contributed by atoms with E-state index in [1.165, 1.54) is 32.1 Å². The number of nitrogens with two attached hydrogens (primary N) is 1. The Bertz CT molecular complexity index is 358. The quantitative estimate of drug-likeness (QED) is 0.886. The predicted octanol–water partition coefficient (Wildman–Crippen LogP) is 2.98. The van der Waals surface area contributed by atoms with Crippen LogP contribution in [-0.4, -0.2) is 29.5 Å². The molecule has 0 bridgehead atoms. The number of hydrogen-bond acceptors (Lipinski definition) is 3. The van der Waals surface area contributed by atoms with Crippen molar-refractivity contribution in [2.75, 3.05) is 13.6 Å². The molecule has 2 N–H and O–H groups in total. The van der Waals surface area contributed by atoms with Gasteiger partial charge in [-0.15, -0.1) is 0 Å². The fourth-order valence-electron chi connectivity index (χ4n) is 3.34. The van der Waals surface area contributed by atoms with E-state index in [0.29, 0.717) is 0 Å². The van der Waals surface area contributed by atoms with Gasteiger partial charge in [0.25, 0.3) is 0 Å². The average molecular weight is 261 g/mol. The molecule has 2 atom stereocenters. The van der Waals surface area contributed by atoms with Crippen LogP contribution >= 0.6 is 0 Å². The van der Waals surface area contributed by atoms with Crippen LogP contribution in [0.25, 0.3) is 0 Å². The zero-order chi connectivity index (χ0) is 13.7. The summed E-state index contributed by atoms with van der Waals surface area (Å²) in [5, 5.41) is 0. The van der Waals surface area contributed by atoms with Gasteiger partial charge in [0.15, 0.2) is 0 Å². The smallest absolute Gasteiger partial charge is 0.0668 e. The van der Waals surface area contributed by atoms with Crippen molar-refractivity contribution in [3.63, 3.8) is 0 Å². The molecular weight excluding hydrogens is 234 g/mol. The molecule has 0 radical (unpaired) electrons. The van der Waals surface area contributed by atoms with Gasteiger partial charge in [-0.25, -0.2) is 0 Å². The van der Waals surface area contributed by atoms with Crippen LogP contribution in [0.15, 0.2) is 24.4 Å². The lowest BCUT2D eigenvalue weighted by molar-refractivity contribution is 0.164. The summed E-state index contributed by atoms with van der Waals surface area (Å²) in [6.07, 6.45) is 8.81. The maximum absolute atomic E-state index is 6.19. The average Bonchev–Trinajstić information content (AvgIpc) is 2.40. The summed E-state index contributed by atoms with van der Waals surface area (Å²) in [7, 11) is 2.19. The maximum atomic E-state index is 6.19. The molecule has 106 valence electrons. The molecule has 2 unspecified atom stereocenters. The number of likely N-dealkylation sites (N-methyl/N-ethyl adjacent to an activating group) is 1. The largest absolute Gasteiger partial charge is 0.326 e. The maximum Gasteiger partial charge on any atom is 0.0668 e. The van der Waals surface area contributed by atoms with E-state index in [1.54, 1.807) is 0 Å². The topological polar surface area (TPSA) is 42.1 Å². The molecule has 1 aliphatic carbocycles. The predicted molar refractivity (Wildman–Crippen MR) is 79.8 cm³/mol. The Morgan fingerprint density at radius 3 is 2.63 bits per heavy atom. The number of nitrogens with zero attached hydrogens (tertiary/aromatic N) is 2. The van der Waals surface area contributed by atoms with E-state index in [9.17, 15) is 0 Å². The van der Waals surface area contributed by atoms with E-state index < -0.39 is 0 Å². The first-order valence-corrected chi connectivity index (χ1v) is 7.55. The molecule has 3 nitrogen and oxygen atoms in total. The molecule has 0 saturated heterocycles. The molecule has 1 aromatic rings. The molecular formula is C16H27N3. The number of hydrogen-bond donors (Lipinski definition) is 1. The van der Waals surface area contributed by atoms with Crippen LogP contribution in [0.2, 0.25) is 0 Å². The van der Waals surface area contributed by atoms with Crippen LogP contribution in [0.1, 0.15) is 50.8 Å². The Labute approximate surface area is 117 Å². The highest BCUT2D eigenvalue weighted by molar-refractivity contribution is 5.11. The molecule has 1 aromatic heterocycles. The van der Waals surface area contributed by atoms with Crippen molar-refractivity contribution >= 4 is 0 Å². The summed E-state index contributed by atoms with van der Waals surface area (Å²) in [6, 6.07) is 6.42. The van der Waals surface area contributed by atoms with Gasteiger partial charge in [0.1, 0.15) is 0 Å². The Kier molecular flexibility index (Phi) is 5.34. The van der Waals surface area contributed by atoms with Crippen molar-refractivity contribution in [2.24, 2.45) is 11.7 Å². The van der Waals surface area contributed by atoms with Gasteiger partial charge in [-0.2, -0.15) is 0 Å². The van der Waals surface area contributed by atoms with Gasteiger partial charge in [-0.1, -0.05) is 25.3 Å². The Hall–Kier alpha value is -0.930. The van der Waals surface area contributed by atoms with E-state index in [2.05, 4.69) is 29.9 Å². The summed E-state index contributed by atoms with van der Waals surface area (Å²) in [5.74, 6) is 0.837. The van der Waals surface area contributed by atoms with Gasteiger partial charge in [0.05, 0.1) is 11.7 Å². The number of rotatable bonds is 5. The molecule has 0 aliphatic heterocycles. The highest BCUT2D eigenvalue weighted by Crippen LogP contribution is 2.27. The third-order valence-electron chi connectivity index (χ3n) is 4.23. The first-order chi connectivity index (χ1) is 9.18. The number of pyridine rings is 1. The molecule has 19 heavy (non-hydrogen) atoms. The van der Waals surface area contributed by atoms with E-state index >= 15 is 0 Å². The van der Waals surface area contributed by atoms with Crippen molar-refractivity contribution in [3.05, 3.63) is 30.1 Å². The molecule has 3 heteroatoms. The highest BCUT2D eigenvalue weighted by Gasteiger charge is 2.25. The second kappa shape index (κ2) is 7.01. The normalized spacial score (nSPS) is 20.4. The Morgan fingerprint density at radius 2 is 2.05 bits per heavy atom. The van der Waals surface area contributed by atoms with Crippen LogP contribution in [0.4, 0.5) is 0 Å². The molecule has 1 heterocycles. The zero-order valence-corrected chi connectivity index (χ0v) is 12.3. The fourth-order valence-corrected chi connectivity index (χ4v) is 3.34. The summed E-state index contributed by atoms with van der Waals surface area (Å²) in [6.45, 7) is 3.22. The van der Waals surface area contributed by atoms with Gasteiger partial charge in [0, 0.05) is 18.8 Å². The fraction of sp³-hybridized carbons (Fsp3) is 0.688. The van der Waals surface area contributed by atoms with Crippen LogP contribution in [0.5, 0.6) is 0 Å². The minimum absolute atomic E-state index is 0.100. The van der Waals surface area contributed by atoms with Gasteiger partial charge in [-0.3, -0.25) is 9.88 Å². The van der Waals surface area contributed by atoms with E-state index in [4.69, 9.17) is 5.73 Å². The van der Waals surface area contributed by atoms with Crippen molar-refractivity contribution in [3.8, 4) is 0 Å². The monoisotopic (exact) mass is 261 g/mol. The summed E-state index contributed by atoms with van der Waals surface area (Å²) >= 11 is 0. The molecule has 0 aromatic carbocycles. The molecule has 1 fully saturated rings. The zero-order valence-electron chi connectivity index (χ0n) is 12.3. The van der Waals surface area contributed by atoms with Gasteiger partial charge in [0.2, 0.25) is 0 Å². The Balaban J connectivity index is 2.02. The van der Waals surface area contributed by atoms with Gasteiger partial charge in [-0.05, 0) is 44.9 Å². The Morgan fingerprint density at radius 1 is 1.32 bits per heavy atom. The van der Waals surface area contributed by atoms with E-state index in [-0.39, 0.29) is 12.1 Å². The molecule has 1 saturated carbocycles. The van der Waals surface area contributed by atoms with E-state index in [1.807, 2.05) is 18.3 Å². The van der Waals surface area contributed by atoms with Crippen LogP contribution in [0, 0.1) is 5.92 Å². The summed E-state index contributed by atoms with van der Waals surface area (Å²) in [5.41, 5.74) is 7.29. The summed E-state index contributed by atoms with van der Waals surface area (Å²) < 4.78 is 0. The summed E-state index contributed by atoms with van der Waals surface area (Å²) in [4.78, 5) is 6.90. The molecule has 0 spiro atoms. The first kappa shape index (κ1) is 14.5. The van der Waals surface area contributed by atoms with Crippen LogP contribution < -0.4 is 5.73 Å². The van der Waals surface area contributed by atoms with Crippen molar-refractivity contribution in [2.45, 2.75) is 51.1 Å². The first-order valence-electron chi connectivity index (χ1n) is 7.55. The van der Waals surface area contributed by atoms with Crippen molar-refractivity contribution in [1.29, 1.82) is 0 Å². The van der Waals surface area contributed by atoms with E-state index in [0.717, 1.165) is 18.2 Å². The molecule has 0 amide bonds. The molecule has 1 aliphatic rings. The van der Waals surface area contributed by atoms with Crippen LogP contribution in [-0.2, 0) is 0 Å². The number of aromatic nitrogens is 1. The van der Waals surface area contributed by atoms with Crippen molar-refractivity contribution < 1.29 is 0 Å². The van der Waals surface area contributed by atoms with Crippen LogP contribution in [0.3, 0.4) is 0 Å². The lowest BCUT2D eigenvalue weighted by Gasteiger charge is -2.34. The highest BCUT2D eigenvalue weighted by atomic mass is 15.2. The van der Waals surface area contributed by atoms with Gasteiger partial charge < -0.3 is 5.73 Å². The second-order valence-corrected chi connectivity index (χ2v) is 6.00. The minimum atomic E-state index is 0.100. The standard InChI is InChI=1S/C16H27N3/c1-13(17)16(15-10-6-7-11-18-15)19(2)12-14-8-4-3-5-9-14/h6-7,10-11,13-14,16H,3-5,8-9,12,17H2,1-2H3. The molecule has 2 rings (SSSR count). The lowest BCUT2D eigenvalue weighted by Crippen LogP contribution is -2.40. The SMILES string of the molecule is CC(N)C(c1ccccn1)N(C)CC1CCCCC1. The third-order valence-corrected chi connectivity index (χ3v) is 4.23. The lowest BCUT2D eigenvalue weighted by atomic mass is 9.88. The van der Waals surface area contributed by atoms with Crippen molar-refractivity contribution in [1.82, 2.24) is 9.88 Å². The second-order valence-electron chi connectivity index (χ2n) is 6.00.